The Morgan fingerprint density at radius 2 is 1.67 bits per heavy atom. The summed E-state index contributed by atoms with van der Waals surface area (Å²) in [5.74, 6) is 0.0232. The summed E-state index contributed by atoms with van der Waals surface area (Å²) in [6.45, 7) is 4.70. The average molecular weight is 463 g/mol. The molecule has 1 heterocycles. The molecular weight excluding hydrogens is 436 g/mol. The fourth-order valence-electron chi connectivity index (χ4n) is 3.80. The predicted octanol–water partition coefficient (Wildman–Crippen LogP) is 4.74. The summed E-state index contributed by atoms with van der Waals surface area (Å²) in [7, 11) is -3.83. The first-order valence-corrected chi connectivity index (χ1v) is 12.2. The summed E-state index contributed by atoms with van der Waals surface area (Å²) in [5, 5.41) is 9.48. The van der Waals surface area contributed by atoms with Gasteiger partial charge in [0.05, 0.1) is 4.90 Å². The van der Waals surface area contributed by atoms with Crippen LogP contribution in [0, 0.1) is 13.8 Å². The van der Waals surface area contributed by atoms with Crippen molar-refractivity contribution < 1.29 is 18.3 Å². The quantitative estimate of drug-likeness (QED) is 0.573. The smallest absolute Gasteiger partial charge is 0.261 e. The summed E-state index contributed by atoms with van der Waals surface area (Å²) in [5.41, 5.74) is 4.74. The first-order valence-electron chi connectivity index (χ1n) is 10.7. The molecule has 0 saturated heterocycles. The second kappa shape index (κ2) is 9.11. The van der Waals surface area contributed by atoms with Gasteiger partial charge in [0.15, 0.2) is 0 Å². The molecule has 0 saturated carbocycles. The van der Waals surface area contributed by atoms with Crippen molar-refractivity contribution in [3.63, 3.8) is 0 Å². The highest BCUT2D eigenvalue weighted by molar-refractivity contribution is 7.92. The number of anilines is 1. The zero-order chi connectivity index (χ0) is 23.6. The van der Waals surface area contributed by atoms with Crippen LogP contribution in [0.1, 0.15) is 33.5 Å². The Morgan fingerprint density at radius 1 is 0.970 bits per heavy atom. The van der Waals surface area contributed by atoms with Crippen LogP contribution in [-0.4, -0.2) is 37.4 Å². The lowest BCUT2D eigenvalue weighted by molar-refractivity contribution is 0.0772. The van der Waals surface area contributed by atoms with Gasteiger partial charge in [-0.2, -0.15) is 0 Å². The number of aryl methyl sites for hydroxylation is 2. The number of amides is 1. The Bertz CT molecular complexity index is 1310. The molecule has 0 aromatic heterocycles. The number of rotatable bonds is 5. The predicted molar refractivity (Wildman–Crippen MR) is 130 cm³/mol. The maximum atomic E-state index is 13.2. The summed E-state index contributed by atoms with van der Waals surface area (Å²) in [6, 6.07) is 18.7. The molecule has 170 valence electrons. The van der Waals surface area contributed by atoms with Crippen LogP contribution in [0.4, 0.5) is 5.69 Å². The fourth-order valence-corrected chi connectivity index (χ4v) is 4.88. The molecule has 4 rings (SSSR count). The normalized spacial score (nSPS) is 14.0. The van der Waals surface area contributed by atoms with Crippen molar-refractivity contribution in [2.45, 2.75) is 25.2 Å². The van der Waals surface area contributed by atoms with Crippen molar-refractivity contribution in [2.75, 3.05) is 17.8 Å². The highest BCUT2D eigenvalue weighted by Crippen LogP contribution is 2.26. The number of aromatic hydroxyl groups is 1. The second-order valence-corrected chi connectivity index (χ2v) is 9.91. The lowest BCUT2D eigenvalue weighted by Crippen LogP contribution is -2.35. The van der Waals surface area contributed by atoms with Crippen LogP contribution in [0.5, 0.6) is 5.75 Å². The van der Waals surface area contributed by atoms with E-state index in [9.17, 15) is 18.3 Å². The Balaban J connectivity index is 1.53. The van der Waals surface area contributed by atoms with Gasteiger partial charge in [-0.15, -0.1) is 0 Å². The minimum atomic E-state index is -3.83. The average Bonchev–Trinajstić information content (AvgIpc) is 2.81. The Labute approximate surface area is 194 Å². The van der Waals surface area contributed by atoms with Crippen molar-refractivity contribution in [1.82, 2.24) is 4.90 Å². The standard InChI is InChI=1S/C26H26N2O4S/c1-18-3-8-22(9-4-18)27-33(31,32)24-12-5-19(2)25(17-24)26(30)28-15-13-21(14-16-28)20-6-10-23(29)11-7-20/h3-13,17,27,29H,14-16H2,1-2H3. The third-order valence-corrected chi connectivity index (χ3v) is 7.17. The van der Waals surface area contributed by atoms with E-state index in [0.29, 0.717) is 30.8 Å². The summed E-state index contributed by atoms with van der Waals surface area (Å²) in [6.07, 6.45) is 2.69. The van der Waals surface area contributed by atoms with Gasteiger partial charge >= 0.3 is 0 Å². The molecule has 0 unspecified atom stereocenters. The minimum absolute atomic E-state index is 0.0503. The molecule has 3 aromatic rings. The number of nitrogens with one attached hydrogen (secondary N) is 1. The van der Waals surface area contributed by atoms with Crippen molar-refractivity contribution in [3.8, 4) is 5.75 Å². The maximum absolute atomic E-state index is 13.2. The molecule has 1 amide bonds. The zero-order valence-corrected chi connectivity index (χ0v) is 19.4. The molecule has 3 aromatic carbocycles. The largest absolute Gasteiger partial charge is 0.508 e. The van der Waals surface area contributed by atoms with Crippen LogP contribution in [-0.2, 0) is 10.0 Å². The molecule has 0 atom stereocenters. The molecule has 0 radical (unpaired) electrons. The van der Waals surface area contributed by atoms with E-state index in [1.165, 1.54) is 12.1 Å². The number of carbonyl (C=O) groups is 1. The number of nitrogens with zero attached hydrogens (tertiary/aromatic N) is 1. The number of sulfonamides is 1. The number of hydrogen-bond acceptors (Lipinski definition) is 4. The Hall–Kier alpha value is -3.58. The lowest BCUT2D eigenvalue weighted by Gasteiger charge is -2.27. The lowest BCUT2D eigenvalue weighted by atomic mass is 9.98. The summed E-state index contributed by atoms with van der Waals surface area (Å²) < 4.78 is 28.4. The van der Waals surface area contributed by atoms with E-state index in [0.717, 1.165) is 22.3 Å². The molecule has 33 heavy (non-hydrogen) atoms. The molecule has 7 heteroatoms. The zero-order valence-electron chi connectivity index (χ0n) is 18.6. The van der Waals surface area contributed by atoms with Crippen LogP contribution in [0.3, 0.4) is 0 Å². The number of carbonyl (C=O) groups excluding carboxylic acids is 1. The monoisotopic (exact) mass is 462 g/mol. The van der Waals surface area contributed by atoms with E-state index >= 15 is 0 Å². The molecule has 0 bridgehead atoms. The van der Waals surface area contributed by atoms with Crippen LogP contribution in [0.2, 0.25) is 0 Å². The third-order valence-electron chi connectivity index (χ3n) is 5.79. The third kappa shape index (κ3) is 5.09. The van der Waals surface area contributed by atoms with Gasteiger partial charge in [0, 0.05) is 24.3 Å². The second-order valence-electron chi connectivity index (χ2n) is 8.23. The van der Waals surface area contributed by atoms with Gasteiger partial charge in [0.1, 0.15) is 5.75 Å². The topological polar surface area (TPSA) is 86.7 Å². The van der Waals surface area contributed by atoms with Crippen LogP contribution < -0.4 is 4.72 Å². The minimum Gasteiger partial charge on any atom is -0.508 e. The van der Waals surface area contributed by atoms with Crippen molar-refractivity contribution in [2.24, 2.45) is 0 Å². The molecular formula is C26H26N2O4S. The molecule has 6 nitrogen and oxygen atoms in total. The van der Waals surface area contributed by atoms with E-state index in [1.807, 2.05) is 37.3 Å². The van der Waals surface area contributed by atoms with Gasteiger partial charge < -0.3 is 10.0 Å². The SMILES string of the molecule is Cc1ccc(NS(=O)(=O)c2ccc(C)c(C(=O)N3CC=C(c4ccc(O)cc4)CC3)c2)cc1. The maximum Gasteiger partial charge on any atom is 0.261 e. The van der Waals surface area contributed by atoms with E-state index in [-0.39, 0.29) is 16.6 Å². The molecule has 0 aliphatic carbocycles. The van der Waals surface area contributed by atoms with Crippen LogP contribution in [0.15, 0.2) is 77.7 Å². The first kappa shape index (κ1) is 22.6. The highest BCUT2D eigenvalue weighted by atomic mass is 32.2. The van der Waals surface area contributed by atoms with Gasteiger partial charge in [-0.1, -0.05) is 42.0 Å². The van der Waals surface area contributed by atoms with Crippen molar-refractivity contribution in [3.05, 3.63) is 95.1 Å². The Morgan fingerprint density at radius 3 is 2.30 bits per heavy atom. The summed E-state index contributed by atoms with van der Waals surface area (Å²) >= 11 is 0. The fraction of sp³-hybridized carbons (Fsp3) is 0.192. The van der Waals surface area contributed by atoms with Crippen molar-refractivity contribution >= 4 is 27.2 Å². The van der Waals surface area contributed by atoms with Gasteiger partial charge in [-0.3, -0.25) is 9.52 Å². The van der Waals surface area contributed by atoms with Crippen LogP contribution in [0.25, 0.3) is 5.57 Å². The number of phenolic OH excluding ortho intramolecular Hbond substituents is 1. The highest BCUT2D eigenvalue weighted by Gasteiger charge is 2.23. The molecule has 1 aliphatic rings. The molecule has 1 aliphatic heterocycles. The number of hydrogen-bond donors (Lipinski definition) is 2. The van der Waals surface area contributed by atoms with Gasteiger partial charge in [-0.25, -0.2) is 8.42 Å². The molecule has 2 N–H and O–H groups in total. The van der Waals surface area contributed by atoms with Gasteiger partial charge in [0.2, 0.25) is 0 Å². The summed E-state index contributed by atoms with van der Waals surface area (Å²) in [4.78, 5) is 15.0. The number of phenols is 1. The van der Waals surface area contributed by atoms with E-state index < -0.39 is 10.0 Å². The van der Waals surface area contributed by atoms with Gasteiger partial charge in [0.25, 0.3) is 15.9 Å². The van der Waals surface area contributed by atoms with Crippen LogP contribution >= 0.6 is 0 Å². The first-order chi connectivity index (χ1) is 15.7. The van der Waals surface area contributed by atoms with Crippen molar-refractivity contribution in [1.29, 1.82) is 0 Å². The molecule has 0 spiro atoms. The van der Waals surface area contributed by atoms with E-state index in [2.05, 4.69) is 4.72 Å². The molecule has 0 fully saturated rings. The Kier molecular flexibility index (Phi) is 6.24. The van der Waals surface area contributed by atoms with E-state index in [4.69, 9.17) is 0 Å². The van der Waals surface area contributed by atoms with E-state index in [1.54, 1.807) is 42.2 Å². The number of benzene rings is 3. The van der Waals surface area contributed by atoms with Gasteiger partial charge in [-0.05, 0) is 73.4 Å².